The van der Waals surface area contributed by atoms with E-state index in [1.54, 1.807) is 37.3 Å². The van der Waals surface area contributed by atoms with Crippen molar-refractivity contribution >= 4 is 40.7 Å². The molecule has 1 spiro atoms. The van der Waals surface area contributed by atoms with Gasteiger partial charge in [0.15, 0.2) is 17.3 Å². The summed E-state index contributed by atoms with van der Waals surface area (Å²) in [7, 11) is 0. The minimum atomic E-state index is -1.42. The van der Waals surface area contributed by atoms with E-state index in [0.717, 1.165) is 16.8 Å². The average Bonchev–Trinajstić information content (AvgIpc) is 3.26. The molecule has 4 nitrogen and oxygen atoms in total. The van der Waals surface area contributed by atoms with Gasteiger partial charge in [0.05, 0.1) is 12.1 Å². The maximum atomic E-state index is 14.2. The Balaban J connectivity index is 1.68. The fraction of sp³-hybridized carbons (Fsp3) is 0.179. The molecule has 0 saturated carbocycles. The molecule has 5 heteroatoms. The molecule has 1 fully saturated rings. The fourth-order valence-electron chi connectivity index (χ4n) is 6.13. The van der Waals surface area contributed by atoms with Crippen LogP contribution in [-0.2, 0) is 4.79 Å². The maximum absolute atomic E-state index is 14.2. The Kier molecular flexibility index (Phi) is 4.27. The Hall–Kier alpha value is -3.50. The second-order valence-electron chi connectivity index (χ2n) is 8.93. The summed E-state index contributed by atoms with van der Waals surface area (Å²) in [6.07, 6.45) is 3.82. The van der Waals surface area contributed by atoms with Gasteiger partial charge in [-0.25, -0.2) is 0 Å². The predicted octanol–water partition coefficient (Wildman–Crippen LogP) is 5.36. The van der Waals surface area contributed by atoms with E-state index in [-0.39, 0.29) is 17.3 Å². The largest absolute Gasteiger partial charge is 0.352 e. The maximum Gasteiger partial charge on any atom is 0.180 e. The molecule has 3 atom stereocenters. The number of anilines is 1. The third-order valence-electron chi connectivity index (χ3n) is 7.34. The summed E-state index contributed by atoms with van der Waals surface area (Å²) in [5.74, 6) is -1.13. The third-order valence-corrected chi connectivity index (χ3v) is 7.58. The van der Waals surface area contributed by atoms with Gasteiger partial charge in [0.25, 0.3) is 0 Å². The summed E-state index contributed by atoms with van der Waals surface area (Å²) in [5.41, 5.74) is 1.93. The van der Waals surface area contributed by atoms with E-state index < -0.39 is 23.4 Å². The summed E-state index contributed by atoms with van der Waals surface area (Å²) < 4.78 is 0. The zero-order valence-corrected chi connectivity index (χ0v) is 18.6. The van der Waals surface area contributed by atoms with Crippen LogP contribution >= 0.6 is 11.6 Å². The lowest BCUT2D eigenvalue weighted by Gasteiger charge is -2.37. The molecule has 0 radical (unpaired) electrons. The highest BCUT2D eigenvalue weighted by Crippen LogP contribution is 2.60. The highest BCUT2D eigenvalue weighted by Gasteiger charge is 2.71. The van der Waals surface area contributed by atoms with Crippen LogP contribution < -0.4 is 4.90 Å². The van der Waals surface area contributed by atoms with Gasteiger partial charge in [0.2, 0.25) is 0 Å². The lowest BCUT2D eigenvalue weighted by Crippen LogP contribution is -2.48. The molecule has 2 heterocycles. The number of halogens is 1. The van der Waals surface area contributed by atoms with Crippen LogP contribution in [0.1, 0.15) is 44.7 Å². The summed E-state index contributed by atoms with van der Waals surface area (Å²) >= 11 is 6.24. The molecule has 0 bridgehead atoms. The van der Waals surface area contributed by atoms with Gasteiger partial charge < -0.3 is 4.90 Å². The van der Waals surface area contributed by atoms with Crippen LogP contribution in [0.25, 0.3) is 6.08 Å². The van der Waals surface area contributed by atoms with Crippen LogP contribution in [0.4, 0.5) is 5.69 Å². The zero-order chi connectivity index (χ0) is 22.9. The molecule has 0 amide bonds. The summed E-state index contributed by atoms with van der Waals surface area (Å²) in [6.45, 7) is 1.54. The van der Waals surface area contributed by atoms with Gasteiger partial charge in [-0.3, -0.25) is 14.4 Å². The van der Waals surface area contributed by atoms with Gasteiger partial charge in [-0.05, 0) is 36.2 Å². The SMILES string of the molecule is CC(=O)C1C(c2ccccc2)C2(C(=O)c3ccccc3C2=O)C2C=Cc3cc(Cl)ccc3N12. The third kappa shape index (κ3) is 2.50. The molecule has 33 heavy (non-hydrogen) atoms. The van der Waals surface area contributed by atoms with E-state index >= 15 is 0 Å². The van der Waals surface area contributed by atoms with Crippen molar-refractivity contribution in [3.05, 3.63) is 106 Å². The molecule has 3 aromatic rings. The summed E-state index contributed by atoms with van der Waals surface area (Å²) in [5, 5.41) is 0.588. The minimum Gasteiger partial charge on any atom is -0.352 e. The van der Waals surface area contributed by atoms with Crippen LogP contribution in [0.3, 0.4) is 0 Å². The first-order chi connectivity index (χ1) is 16.0. The van der Waals surface area contributed by atoms with Crippen LogP contribution in [0, 0.1) is 5.41 Å². The molecular formula is C28H20ClNO3. The number of carbonyl (C=O) groups is 3. The van der Waals surface area contributed by atoms with E-state index in [4.69, 9.17) is 11.6 Å². The summed E-state index contributed by atoms with van der Waals surface area (Å²) in [4.78, 5) is 43.6. The molecular weight excluding hydrogens is 434 g/mol. The molecule has 162 valence electrons. The molecule has 3 aromatic carbocycles. The van der Waals surface area contributed by atoms with Gasteiger partial charge in [-0.1, -0.05) is 78.4 Å². The Morgan fingerprint density at radius 3 is 2.18 bits per heavy atom. The van der Waals surface area contributed by atoms with Crippen LogP contribution in [-0.4, -0.2) is 29.4 Å². The fourth-order valence-corrected chi connectivity index (χ4v) is 6.31. The molecule has 1 saturated heterocycles. The number of rotatable bonds is 2. The van der Waals surface area contributed by atoms with Crippen molar-refractivity contribution in [1.29, 1.82) is 0 Å². The number of hydrogen-bond donors (Lipinski definition) is 0. The second kappa shape index (κ2) is 7.00. The standard InChI is InChI=1S/C28H20ClNO3/c1-16(31)25-24(17-7-3-2-4-8-17)28(26(32)20-9-5-6-10-21(20)27(28)33)23-14-11-18-15-19(29)12-13-22(18)30(23)25/h2-15,23-25H,1H3. The molecule has 2 aliphatic heterocycles. The monoisotopic (exact) mass is 453 g/mol. The van der Waals surface area contributed by atoms with Gasteiger partial charge >= 0.3 is 0 Å². The molecule has 1 aliphatic carbocycles. The topological polar surface area (TPSA) is 54.5 Å². The molecule has 3 aliphatic rings. The van der Waals surface area contributed by atoms with Crippen LogP contribution in [0.2, 0.25) is 5.02 Å². The number of ketones is 3. The van der Waals surface area contributed by atoms with Crippen molar-refractivity contribution in [2.75, 3.05) is 4.90 Å². The van der Waals surface area contributed by atoms with Gasteiger partial charge in [-0.2, -0.15) is 0 Å². The smallest absolute Gasteiger partial charge is 0.180 e. The Morgan fingerprint density at radius 1 is 0.909 bits per heavy atom. The zero-order valence-electron chi connectivity index (χ0n) is 17.9. The normalized spacial score (nSPS) is 24.1. The van der Waals surface area contributed by atoms with Gasteiger partial charge in [0.1, 0.15) is 5.41 Å². The van der Waals surface area contributed by atoms with Gasteiger partial charge in [0, 0.05) is 27.8 Å². The number of carbonyl (C=O) groups excluding carboxylic acids is 3. The number of benzene rings is 3. The molecule has 0 N–H and O–H groups in total. The minimum absolute atomic E-state index is 0.0847. The highest BCUT2D eigenvalue weighted by molar-refractivity contribution is 6.32. The van der Waals surface area contributed by atoms with E-state index in [9.17, 15) is 14.4 Å². The van der Waals surface area contributed by atoms with Crippen molar-refractivity contribution < 1.29 is 14.4 Å². The summed E-state index contributed by atoms with van der Waals surface area (Å²) in [6, 6.07) is 20.7. The second-order valence-corrected chi connectivity index (χ2v) is 9.37. The van der Waals surface area contributed by atoms with Gasteiger partial charge in [-0.15, -0.1) is 0 Å². The lowest BCUT2D eigenvalue weighted by molar-refractivity contribution is -0.118. The predicted molar refractivity (Wildman–Crippen MR) is 128 cm³/mol. The first-order valence-electron chi connectivity index (χ1n) is 11.0. The van der Waals surface area contributed by atoms with Crippen molar-refractivity contribution in [2.45, 2.75) is 24.9 Å². The van der Waals surface area contributed by atoms with E-state index in [1.165, 1.54) is 0 Å². The first kappa shape index (κ1) is 20.1. The molecule has 6 rings (SSSR count). The van der Waals surface area contributed by atoms with Crippen LogP contribution in [0.5, 0.6) is 0 Å². The van der Waals surface area contributed by atoms with Crippen molar-refractivity contribution in [3.63, 3.8) is 0 Å². The first-order valence-corrected chi connectivity index (χ1v) is 11.3. The Labute approximate surface area is 196 Å². The number of hydrogen-bond acceptors (Lipinski definition) is 4. The van der Waals surface area contributed by atoms with E-state index in [1.807, 2.05) is 59.5 Å². The van der Waals surface area contributed by atoms with E-state index in [2.05, 4.69) is 0 Å². The number of Topliss-reactive ketones (excluding diaryl/α,β-unsaturated/α-hetero) is 3. The molecule has 0 aromatic heterocycles. The average molecular weight is 454 g/mol. The van der Waals surface area contributed by atoms with E-state index in [0.29, 0.717) is 16.1 Å². The highest BCUT2D eigenvalue weighted by atomic mass is 35.5. The lowest BCUT2D eigenvalue weighted by atomic mass is 9.64. The van der Waals surface area contributed by atoms with Crippen LogP contribution in [0.15, 0.2) is 78.9 Å². The molecule has 3 unspecified atom stereocenters. The number of nitrogens with zero attached hydrogens (tertiary/aromatic N) is 1. The van der Waals surface area contributed by atoms with Crippen molar-refractivity contribution in [1.82, 2.24) is 0 Å². The number of fused-ring (bicyclic) bond motifs is 5. The Morgan fingerprint density at radius 2 is 1.55 bits per heavy atom. The van der Waals surface area contributed by atoms with Crippen molar-refractivity contribution in [2.24, 2.45) is 5.41 Å². The Bertz CT molecular complexity index is 1340. The quantitative estimate of drug-likeness (QED) is 0.490. The van der Waals surface area contributed by atoms with Crippen molar-refractivity contribution in [3.8, 4) is 0 Å².